The van der Waals surface area contributed by atoms with Crippen LogP contribution in [-0.2, 0) is 4.79 Å². The fourth-order valence-corrected chi connectivity index (χ4v) is 3.70. The number of esters is 1. The zero-order valence-electron chi connectivity index (χ0n) is 19.7. The minimum Gasteiger partial charge on any atom is -0.495 e. The molecule has 0 radical (unpaired) electrons. The summed E-state index contributed by atoms with van der Waals surface area (Å²) < 4.78 is 10.7. The second kappa shape index (κ2) is 9.68. The summed E-state index contributed by atoms with van der Waals surface area (Å²) in [6.07, 6.45) is 1.53. The first-order valence-electron chi connectivity index (χ1n) is 10.8. The molecule has 0 spiro atoms. The van der Waals surface area contributed by atoms with Gasteiger partial charge in [0.1, 0.15) is 11.3 Å². The highest BCUT2D eigenvalue weighted by molar-refractivity contribution is 6.12. The molecule has 35 heavy (non-hydrogen) atoms. The summed E-state index contributed by atoms with van der Waals surface area (Å²) in [7, 11) is 3.04. The number of H-pyrrole nitrogens is 1. The van der Waals surface area contributed by atoms with Crippen molar-refractivity contribution < 1.29 is 23.9 Å². The normalized spacial score (nSPS) is 10.6. The number of carbonyl (C=O) groups is 3. The van der Waals surface area contributed by atoms with Crippen LogP contribution in [0.5, 0.6) is 11.5 Å². The molecule has 0 aliphatic rings. The fraction of sp³-hybridized carbons (Fsp3) is 0.154. The van der Waals surface area contributed by atoms with Crippen LogP contribution in [0, 0.1) is 6.92 Å². The lowest BCUT2D eigenvalue weighted by atomic mass is 10.1. The quantitative estimate of drug-likeness (QED) is 0.319. The molecule has 1 aromatic heterocycles. The van der Waals surface area contributed by atoms with Gasteiger partial charge < -0.3 is 24.7 Å². The number of amides is 2. The Morgan fingerprint density at radius 1 is 1.03 bits per heavy atom. The van der Waals surface area contributed by atoms with E-state index in [9.17, 15) is 14.4 Å². The largest absolute Gasteiger partial charge is 0.495 e. The average Bonchev–Trinajstić information content (AvgIpc) is 3.32. The van der Waals surface area contributed by atoms with Gasteiger partial charge in [-0.05, 0) is 55.0 Å². The Morgan fingerprint density at radius 3 is 2.57 bits per heavy atom. The summed E-state index contributed by atoms with van der Waals surface area (Å²) >= 11 is 0. The van der Waals surface area contributed by atoms with Crippen molar-refractivity contribution >= 4 is 40.2 Å². The second-order valence-corrected chi connectivity index (χ2v) is 7.90. The summed E-state index contributed by atoms with van der Waals surface area (Å²) in [5.74, 6) is -0.583. The van der Waals surface area contributed by atoms with Crippen LogP contribution < -0.4 is 19.7 Å². The van der Waals surface area contributed by atoms with E-state index < -0.39 is 5.97 Å². The molecule has 178 valence electrons. The highest BCUT2D eigenvalue weighted by atomic mass is 16.5. The number of hydrogen-bond acceptors (Lipinski definition) is 6. The predicted octanol–water partition coefficient (Wildman–Crippen LogP) is 4.33. The van der Waals surface area contributed by atoms with E-state index in [-0.39, 0.29) is 17.6 Å². The van der Waals surface area contributed by atoms with Crippen molar-refractivity contribution in [2.24, 2.45) is 0 Å². The number of rotatable bonds is 6. The first-order chi connectivity index (χ1) is 16.8. The number of nitrogens with one attached hydrogen (secondary N) is 2. The number of benzene rings is 3. The number of hydrogen-bond donors (Lipinski definition) is 2. The number of nitrogens with zero attached hydrogens (tertiary/aromatic N) is 2. The maximum atomic E-state index is 13.2. The lowest BCUT2D eigenvalue weighted by Gasteiger charge is -2.21. The number of anilines is 2. The zero-order chi connectivity index (χ0) is 25.1. The molecule has 0 saturated carbocycles. The van der Waals surface area contributed by atoms with Gasteiger partial charge in [0.25, 0.3) is 11.8 Å². The Morgan fingerprint density at radius 2 is 1.83 bits per heavy atom. The van der Waals surface area contributed by atoms with Crippen LogP contribution in [0.15, 0.2) is 60.9 Å². The number of aryl methyl sites for hydroxylation is 1. The molecule has 0 fully saturated rings. The van der Waals surface area contributed by atoms with Crippen molar-refractivity contribution in [2.75, 3.05) is 24.4 Å². The molecule has 0 unspecified atom stereocenters. The van der Waals surface area contributed by atoms with Gasteiger partial charge >= 0.3 is 5.97 Å². The van der Waals surface area contributed by atoms with Crippen LogP contribution in [0.1, 0.15) is 33.2 Å². The zero-order valence-corrected chi connectivity index (χ0v) is 19.7. The van der Waals surface area contributed by atoms with E-state index in [2.05, 4.69) is 15.3 Å². The second-order valence-electron chi connectivity index (χ2n) is 7.90. The summed E-state index contributed by atoms with van der Waals surface area (Å²) in [6.45, 7) is 3.17. The van der Waals surface area contributed by atoms with Crippen LogP contribution in [0.25, 0.3) is 11.0 Å². The fourth-order valence-electron chi connectivity index (χ4n) is 3.70. The van der Waals surface area contributed by atoms with Gasteiger partial charge in [0.05, 0.1) is 35.9 Å². The third-order valence-corrected chi connectivity index (χ3v) is 5.43. The minimum atomic E-state index is -0.481. The number of aromatic nitrogens is 2. The number of carbonyl (C=O) groups excluding carboxylic acids is 3. The van der Waals surface area contributed by atoms with E-state index in [0.29, 0.717) is 33.8 Å². The Kier molecular flexibility index (Phi) is 6.50. The third-order valence-electron chi connectivity index (χ3n) is 5.43. The highest BCUT2D eigenvalue weighted by Gasteiger charge is 2.21. The van der Waals surface area contributed by atoms with Gasteiger partial charge in [-0.3, -0.25) is 14.4 Å². The Balaban J connectivity index is 1.60. The summed E-state index contributed by atoms with van der Waals surface area (Å²) in [5, 5.41) is 2.82. The Labute approximate surface area is 201 Å². The topological polar surface area (TPSA) is 114 Å². The van der Waals surface area contributed by atoms with Crippen molar-refractivity contribution in [1.29, 1.82) is 0 Å². The molecule has 9 nitrogen and oxygen atoms in total. The van der Waals surface area contributed by atoms with E-state index in [4.69, 9.17) is 9.47 Å². The molecular weight excluding hydrogens is 448 g/mol. The van der Waals surface area contributed by atoms with Crippen molar-refractivity contribution in [3.05, 3.63) is 77.6 Å². The first kappa shape index (κ1) is 23.5. The predicted molar refractivity (Wildman–Crippen MR) is 132 cm³/mol. The molecule has 0 aliphatic carbocycles. The standard InChI is InChI=1S/C26H24N4O5/c1-15-8-11-21(23(12-15)35-16(2)31)30(3)26(33)17-9-10-19(22(13-17)34-4)29-25(32)18-6-5-7-20-24(18)28-14-27-20/h5-14H,1-4H3,(H,27,28)(H,29,32). The number of fused-ring (bicyclic) bond motifs is 1. The number of imidazole rings is 1. The van der Waals surface area contributed by atoms with Gasteiger partial charge in [0.15, 0.2) is 5.75 Å². The molecule has 9 heteroatoms. The summed E-state index contributed by atoms with van der Waals surface area (Å²) in [4.78, 5) is 46.3. The molecule has 2 N–H and O–H groups in total. The van der Waals surface area contributed by atoms with Gasteiger partial charge in [-0.2, -0.15) is 0 Å². The van der Waals surface area contributed by atoms with E-state index in [1.54, 1.807) is 49.5 Å². The van der Waals surface area contributed by atoms with Gasteiger partial charge in [-0.25, -0.2) is 4.98 Å². The van der Waals surface area contributed by atoms with Gasteiger partial charge in [0, 0.05) is 19.5 Å². The molecule has 2 amide bonds. The van der Waals surface area contributed by atoms with Crippen LogP contribution >= 0.6 is 0 Å². The number of para-hydroxylation sites is 1. The van der Waals surface area contributed by atoms with Crippen LogP contribution in [0.2, 0.25) is 0 Å². The maximum Gasteiger partial charge on any atom is 0.308 e. The molecule has 0 atom stereocenters. The van der Waals surface area contributed by atoms with Crippen molar-refractivity contribution in [3.63, 3.8) is 0 Å². The van der Waals surface area contributed by atoms with E-state index in [1.165, 1.54) is 25.3 Å². The van der Waals surface area contributed by atoms with E-state index >= 15 is 0 Å². The van der Waals surface area contributed by atoms with Gasteiger partial charge in [-0.1, -0.05) is 12.1 Å². The van der Waals surface area contributed by atoms with Crippen LogP contribution in [-0.4, -0.2) is 41.9 Å². The highest BCUT2D eigenvalue weighted by Crippen LogP contribution is 2.32. The number of methoxy groups -OCH3 is 1. The lowest BCUT2D eigenvalue weighted by Crippen LogP contribution is -2.27. The smallest absolute Gasteiger partial charge is 0.308 e. The van der Waals surface area contributed by atoms with Crippen LogP contribution in [0.4, 0.5) is 11.4 Å². The Bertz CT molecular complexity index is 1440. The number of ether oxygens (including phenoxy) is 2. The molecule has 4 aromatic rings. The Hall–Kier alpha value is -4.66. The molecule has 0 aliphatic heterocycles. The molecular formula is C26H24N4O5. The molecule has 0 bridgehead atoms. The SMILES string of the molecule is COc1cc(C(=O)N(C)c2ccc(C)cc2OC(C)=O)ccc1NC(=O)c1cccc2[nH]cnc12. The molecule has 1 heterocycles. The first-order valence-corrected chi connectivity index (χ1v) is 10.8. The minimum absolute atomic E-state index is 0.289. The van der Waals surface area contributed by atoms with Crippen molar-refractivity contribution in [1.82, 2.24) is 9.97 Å². The summed E-state index contributed by atoms with van der Waals surface area (Å²) in [6, 6.07) is 15.2. The van der Waals surface area contributed by atoms with Gasteiger partial charge in [-0.15, -0.1) is 0 Å². The van der Waals surface area contributed by atoms with Crippen LogP contribution in [0.3, 0.4) is 0 Å². The van der Waals surface area contributed by atoms with E-state index in [0.717, 1.165) is 11.1 Å². The molecule has 3 aromatic carbocycles. The molecule has 4 rings (SSSR count). The lowest BCUT2D eigenvalue weighted by molar-refractivity contribution is -0.131. The maximum absolute atomic E-state index is 13.2. The number of aromatic amines is 1. The molecule has 0 saturated heterocycles. The third kappa shape index (κ3) is 4.84. The monoisotopic (exact) mass is 472 g/mol. The van der Waals surface area contributed by atoms with Crippen molar-refractivity contribution in [2.45, 2.75) is 13.8 Å². The average molecular weight is 473 g/mol. The van der Waals surface area contributed by atoms with Crippen molar-refractivity contribution in [3.8, 4) is 11.5 Å². The van der Waals surface area contributed by atoms with Gasteiger partial charge in [0.2, 0.25) is 0 Å². The summed E-state index contributed by atoms with van der Waals surface area (Å²) in [5.41, 5.74) is 3.77. The van der Waals surface area contributed by atoms with E-state index in [1.807, 2.05) is 19.1 Å².